The Balaban J connectivity index is 1.58. The summed E-state index contributed by atoms with van der Waals surface area (Å²) >= 11 is 0. The van der Waals surface area contributed by atoms with E-state index >= 15 is 0 Å². The molecule has 0 bridgehead atoms. The lowest BCUT2D eigenvalue weighted by Crippen LogP contribution is -1.99. The Morgan fingerprint density at radius 3 is 2.53 bits per heavy atom. The van der Waals surface area contributed by atoms with Crippen LogP contribution in [0.2, 0.25) is 0 Å². The number of para-hydroxylation sites is 3. The molecule has 1 N–H and O–H groups in total. The number of hydrogen-bond donors (Lipinski definition) is 1. The van der Waals surface area contributed by atoms with Crippen molar-refractivity contribution in [3.8, 4) is 11.8 Å². The fourth-order valence-electron chi connectivity index (χ4n) is 2.92. The summed E-state index contributed by atoms with van der Waals surface area (Å²) in [7, 11) is 0. The molecule has 146 valence electrons. The molecule has 0 radical (unpaired) electrons. The van der Waals surface area contributed by atoms with Gasteiger partial charge in [-0.2, -0.15) is 5.26 Å². The number of oxazole rings is 1. The van der Waals surface area contributed by atoms with Crippen molar-refractivity contribution in [2.24, 2.45) is 0 Å². The van der Waals surface area contributed by atoms with Gasteiger partial charge in [0.05, 0.1) is 5.56 Å². The summed E-state index contributed by atoms with van der Waals surface area (Å²) in [5.41, 5.74) is 3.34. The van der Waals surface area contributed by atoms with Gasteiger partial charge in [0.1, 0.15) is 29.5 Å². The van der Waals surface area contributed by atoms with Crippen molar-refractivity contribution >= 4 is 28.7 Å². The number of carboxylic acid groups (broad SMARTS) is 1. The zero-order valence-electron chi connectivity index (χ0n) is 15.8. The summed E-state index contributed by atoms with van der Waals surface area (Å²) in [6.07, 6.45) is 1.67. The second-order valence-electron chi connectivity index (χ2n) is 6.49. The molecule has 0 atom stereocenters. The average molecular weight is 396 g/mol. The molecule has 1 heterocycles. The van der Waals surface area contributed by atoms with Gasteiger partial charge in [0, 0.05) is 5.56 Å². The van der Waals surface area contributed by atoms with Crippen LogP contribution in [0.5, 0.6) is 5.75 Å². The number of hydrogen-bond acceptors (Lipinski definition) is 5. The van der Waals surface area contributed by atoms with E-state index in [1.807, 2.05) is 36.4 Å². The fourth-order valence-corrected chi connectivity index (χ4v) is 2.92. The Bertz CT molecular complexity index is 1250. The van der Waals surface area contributed by atoms with Crippen LogP contribution in [0.3, 0.4) is 0 Å². The zero-order chi connectivity index (χ0) is 20.9. The number of aromatic carboxylic acids is 1. The van der Waals surface area contributed by atoms with E-state index in [0.717, 1.165) is 5.56 Å². The SMILES string of the molecule is N#C/C(=C/c1ccccc1OCc1ccc(C(=O)O)cc1)c1nc2ccccc2o1. The largest absolute Gasteiger partial charge is 0.488 e. The smallest absolute Gasteiger partial charge is 0.335 e. The molecule has 0 amide bonds. The molecule has 1 aromatic heterocycles. The molecule has 6 nitrogen and oxygen atoms in total. The van der Waals surface area contributed by atoms with Crippen LogP contribution in [0.25, 0.3) is 22.7 Å². The van der Waals surface area contributed by atoms with Crippen LogP contribution in [0.4, 0.5) is 0 Å². The minimum atomic E-state index is -0.971. The van der Waals surface area contributed by atoms with Crippen LogP contribution >= 0.6 is 0 Å². The fraction of sp³-hybridized carbons (Fsp3) is 0.0417. The molecule has 4 aromatic rings. The minimum Gasteiger partial charge on any atom is -0.488 e. The molecule has 0 saturated heterocycles. The first-order valence-corrected chi connectivity index (χ1v) is 9.16. The Morgan fingerprint density at radius 1 is 1.07 bits per heavy atom. The average Bonchev–Trinajstić information content (AvgIpc) is 3.21. The molecular weight excluding hydrogens is 380 g/mol. The number of nitrogens with zero attached hydrogens (tertiary/aromatic N) is 2. The maximum absolute atomic E-state index is 11.0. The van der Waals surface area contributed by atoms with Crippen LogP contribution in [0.1, 0.15) is 27.4 Å². The highest BCUT2D eigenvalue weighted by atomic mass is 16.5. The van der Waals surface area contributed by atoms with Crippen molar-refractivity contribution in [3.05, 3.63) is 95.4 Å². The van der Waals surface area contributed by atoms with E-state index in [9.17, 15) is 10.1 Å². The van der Waals surface area contributed by atoms with E-state index in [1.165, 1.54) is 12.1 Å². The van der Waals surface area contributed by atoms with Gasteiger partial charge in [0.25, 0.3) is 0 Å². The van der Waals surface area contributed by atoms with Gasteiger partial charge >= 0.3 is 5.97 Å². The number of aromatic nitrogens is 1. The van der Waals surface area contributed by atoms with E-state index in [4.69, 9.17) is 14.3 Å². The third-order valence-electron chi connectivity index (χ3n) is 4.46. The first kappa shape index (κ1) is 19.0. The molecule has 30 heavy (non-hydrogen) atoms. The summed E-state index contributed by atoms with van der Waals surface area (Å²) in [6, 6.07) is 23.3. The van der Waals surface area contributed by atoms with E-state index in [0.29, 0.717) is 22.4 Å². The van der Waals surface area contributed by atoms with Gasteiger partial charge < -0.3 is 14.3 Å². The third kappa shape index (κ3) is 4.05. The van der Waals surface area contributed by atoms with Crippen LogP contribution in [0.15, 0.2) is 77.2 Å². The molecule has 6 heteroatoms. The van der Waals surface area contributed by atoms with Crippen molar-refractivity contribution in [1.82, 2.24) is 4.98 Å². The third-order valence-corrected chi connectivity index (χ3v) is 4.46. The monoisotopic (exact) mass is 396 g/mol. The van der Waals surface area contributed by atoms with Crippen LogP contribution in [-0.2, 0) is 6.61 Å². The first-order valence-electron chi connectivity index (χ1n) is 9.16. The highest BCUT2D eigenvalue weighted by Gasteiger charge is 2.12. The number of benzene rings is 3. The van der Waals surface area contributed by atoms with E-state index in [-0.39, 0.29) is 23.6 Å². The predicted octanol–water partition coefficient (Wildman–Crippen LogP) is 5.17. The molecule has 0 aliphatic carbocycles. The number of allylic oxidation sites excluding steroid dienone is 1. The topological polar surface area (TPSA) is 96.3 Å². The maximum Gasteiger partial charge on any atom is 0.335 e. The van der Waals surface area contributed by atoms with Gasteiger partial charge in [-0.3, -0.25) is 0 Å². The quantitative estimate of drug-likeness (QED) is 0.452. The van der Waals surface area contributed by atoms with Gasteiger partial charge in [-0.1, -0.05) is 42.5 Å². The summed E-state index contributed by atoms with van der Waals surface area (Å²) in [4.78, 5) is 15.3. The molecule has 0 aliphatic rings. The normalized spacial score (nSPS) is 11.2. The highest BCUT2D eigenvalue weighted by Crippen LogP contribution is 2.27. The minimum absolute atomic E-state index is 0.221. The second kappa shape index (κ2) is 8.33. The molecule has 0 unspecified atom stereocenters. The standard InChI is InChI=1S/C24H16N2O4/c25-14-19(23-26-20-6-2-4-8-22(20)30-23)13-18-5-1-3-7-21(18)29-15-16-9-11-17(12-10-16)24(27)28/h1-13H,15H2,(H,27,28)/b19-13-. The number of nitriles is 1. The molecule has 4 rings (SSSR count). The summed E-state index contributed by atoms with van der Waals surface area (Å²) in [5, 5.41) is 18.6. The van der Waals surface area contributed by atoms with Gasteiger partial charge in [-0.15, -0.1) is 0 Å². The Labute approximate surface area is 172 Å². The molecule has 0 saturated carbocycles. The summed E-state index contributed by atoms with van der Waals surface area (Å²) < 4.78 is 11.6. The molecule has 0 aliphatic heterocycles. The lowest BCUT2D eigenvalue weighted by molar-refractivity contribution is 0.0697. The lowest BCUT2D eigenvalue weighted by atomic mass is 10.1. The van der Waals surface area contributed by atoms with Crippen molar-refractivity contribution in [2.45, 2.75) is 6.61 Å². The van der Waals surface area contributed by atoms with Gasteiger partial charge in [-0.05, 0) is 42.0 Å². The zero-order valence-corrected chi connectivity index (χ0v) is 15.8. The van der Waals surface area contributed by atoms with Crippen molar-refractivity contribution in [3.63, 3.8) is 0 Å². The number of carboxylic acids is 1. The lowest BCUT2D eigenvalue weighted by Gasteiger charge is -2.09. The number of fused-ring (bicyclic) bond motifs is 1. The Hall–Kier alpha value is -4.37. The second-order valence-corrected chi connectivity index (χ2v) is 6.49. The van der Waals surface area contributed by atoms with Crippen LogP contribution < -0.4 is 4.74 Å². The molecule has 0 fully saturated rings. The molecule has 0 spiro atoms. The Kier molecular flexibility index (Phi) is 5.27. The van der Waals surface area contributed by atoms with Gasteiger partial charge in [0.15, 0.2) is 5.58 Å². The maximum atomic E-state index is 11.0. The van der Waals surface area contributed by atoms with Crippen LogP contribution in [-0.4, -0.2) is 16.1 Å². The van der Waals surface area contributed by atoms with Crippen molar-refractivity contribution in [2.75, 3.05) is 0 Å². The predicted molar refractivity (Wildman–Crippen MR) is 112 cm³/mol. The highest BCUT2D eigenvalue weighted by molar-refractivity contribution is 5.90. The number of carbonyl (C=O) groups is 1. The Morgan fingerprint density at radius 2 is 1.80 bits per heavy atom. The summed E-state index contributed by atoms with van der Waals surface area (Å²) in [6.45, 7) is 0.259. The van der Waals surface area contributed by atoms with E-state index < -0.39 is 5.97 Å². The molecule has 3 aromatic carbocycles. The van der Waals surface area contributed by atoms with Crippen LogP contribution in [0, 0.1) is 11.3 Å². The van der Waals surface area contributed by atoms with E-state index in [1.54, 1.807) is 30.3 Å². The first-order chi connectivity index (χ1) is 14.6. The van der Waals surface area contributed by atoms with Gasteiger partial charge in [0.2, 0.25) is 5.89 Å². The van der Waals surface area contributed by atoms with Crippen molar-refractivity contribution < 1.29 is 19.1 Å². The van der Waals surface area contributed by atoms with Crippen molar-refractivity contribution in [1.29, 1.82) is 5.26 Å². The van der Waals surface area contributed by atoms with Gasteiger partial charge in [-0.25, -0.2) is 9.78 Å². The number of rotatable bonds is 6. The summed E-state index contributed by atoms with van der Waals surface area (Å²) in [5.74, 6) is -0.136. The molecular formula is C24H16N2O4. The van der Waals surface area contributed by atoms with E-state index in [2.05, 4.69) is 11.1 Å². The number of ether oxygens (including phenoxy) is 1.